The fourth-order valence-electron chi connectivity index (χ4n) is 1.14. The highest BCUT2D eigenvalue weighted by atomic mass is 35.5. The number of rotatable bonds is 5. The van der Waals surface area contributed by atoms with Gasteiger partial charge in [-0.2, -0.15) is 15.0 Å². The number of hydrogen-bond donors (Lipinski definition) is 1. The molecule has 2 aromatic rings. The van der Waals surface area contributed by atoms with Gasteiger partial charge in [-0.1, -0.05) is 5.21 Å². The Morgan fingerprint density at radius 3 is 3.00 bits per heavy atom. The predicted octanol–water partition coefficient (Wildman–Crippen LogP) is 0.237. The monoisotopic (exact) mass is 255 g/mol. The molecule has 9 heteroatoms. The molecule has 0 spiro atoms. The molecule has 0 saturated carbocycles. The van der Waals surface area contributed by atoms with E-state index in [2.05, 4.69) is 30.6 Å². The Kier molecular flexibility index (Phi) is 3.66. The molecule has 0 amide bonds. The van der Waals surface area contributed by atoms with Crippen molar-refractivity contribution >= 4 is 17.5 Å². The van der Waals surface area contributed by atoms with Gasteiger partial charge in [0.2, 0.25) is 11.2 Å². The molecule has 8 nitrogen and oxygen atoms in total. The van der Waals surface area contributed by atoms with Crippen molar-refractivity contribution in [1.29, 1.82) is 0 Å². The minimum Gasteiger partial charge on any atom is -0.467 e. The summed E-state index contributed by atoms with van der Waals surface area (Å²) in [6.07, 6.45) is 3.38. The Morgan fingerprint density at radius 1 is 1.41 bits per heavy atom. The van der Waals surface area contributed by atoms with E-state index in [4.69, 9.17) is 16.3 Å². The van der Waals surface area contributed by atoms with Gasteiger partial charge in [0, 0.05) is 12.7 Å². The van der Waals surface area contributed by atoms with E-state index in [-0.39, 0.29) is 11.3 Å². The topological polar surface area (TPSA) is 90.6 Å². The first kappa shape index (κ1) is 11.5. The van der Waals surface area contributed by atoms with Crippen molar-refractivity contribution in [1.82, 2.24) is 29.9 Å². The molecule has 0 bridgehead atoms. The van der Waals surface area contributed by atoms with Crippen molar-refractivity contribution in [3.63, 3.8) is 0 Å². The molecule has 1 N–H and O–H groups in total. The summed E-state index contributed by atoms with van der Waals surface area (Å²) in [6.45, 7) is 1.23. The maximum Gasteiger partial charge on any atom is 0.322 e. The SMILES string of the molecule is COc1nc(Cl)nc(NCCn2ccnn2)n1. The lowest BCUT2D eigenvalue weighted by molar-refractivity contribution is 0.378. The third kappa shape index (κ3) is 3.25. The van der Waals surface area contributed by atoms with Crippen molar-refractivity contribution in [2.75, 3.05) is 19.0 Å². The quantitative estimate of drug-likeness (QED) is 0.818. The average molecular weight is 256 g/mol. The number of anilines is 1. The van der Waals surface area contributed by atoms with Crippen LogP contribution in [0.5, 0.6) is 6.01 Å². The van der Waals surface area contributed by atoms with Crippen molar-refractivity contribution in [3.8, 4) is 6.01 Å². The largest absolute Gasteiger partial charge is 0.467 e. The van der Waals surface area contributed by atoms with Crippen LogP contribution in [0.3, 0.4) is 0 Å². The zero-order valence-electron chi connectivity index (χ0n) is 9.04. The van der Waals surface area contributed by atoms with Gasteiger partial charge < -0.3 is 10.1 Å². The van der Waals surface area contributed by atoms with E-state index >= 15 is 0 Å². The van der Waals surface area contributed by atoms with Crippen molar-refractivity contribution < 1.29 is 4.74 Å². The van der Waals surface area contributed by atoms with Crippen LogP contribution in [0.4, 0.5) is 5.95 Å². The molecule has 2 aromatic heterocycles. The second kappa shape index (κ2) is 5.39. The summed E-state index contributed by atoms with van der Waals surface area (Å²) in [5.74, 6) is 0.363. The highest BCUT2D eigenvalue weighted by molar-refractivity contribution is 6.28. The van der Waals surface area contributed by atoms with Gasteiger partial charge in [-0.15, -0.1) is 5.10 Å². The Morgan fingerprint density at radius 2 is 2.29 bits per heavy atom. The molecule has 90 valence electrons. The van der Waals surface area contributed by atoms with Gasteiger partial charge in [0.1, 0.15) is 0 Å². The highest BCUT2D eigenvalue weighted by Crippen LogP contribution is 2.10. The van der Waals surface area contributed by atoms with Gasteiger partial charge in [0.25, 0.3) is 0 Å². The molecule has 0 saturated heterocycles. The molecule has 0 unspecified atom stereocenters. The summed E-state index contributed by atoms with van der Waals surface area (Å²) in [5.41, 5.74) is 0. The van der Waals surface area contributed by atoms with Crippen LogP contribution in [-0.2, 0) is 6.54 Å². The van der Waals surface area contributed by atoms with Crippen LogP contribution in [0, 0.1) is 0 Å². The fraction of sp³-hybridized carbons (Fsp3) is 0.375. The molecule has 2 heterocycles. The maximum absolute atomic E-state index is 5.70. The smallest absolute Gasteiger partial charge is 0.322 e. The minimum atomic E-state index is 0.0834. The normalized spacial score (nSPS) is 10.2. The number of nitrogens with one attached hydrogen (secondary N) is 1. The molecule has 0 aliphatic carbocycles. The van der Waals surface area contributed by atoms with Gasteiger partial charge >= 0.3 is 6.01 Å². The summed E-state index contributed by atoms with van der Waals surface area (Å²) in [6, 6.07) is 0.174. The number of halogens is 1. The van der Waals surface area contributed by atoms with Crippen LogP contribution >= 0.6 is 11.6 Å². The number of hydrogen-bond acceptors (Lipinski definition) is 7. The second-order valence-corrected chi connectivity index (χ2v) is 3.35. The third-order valence-electron chi connectivity index (χ3n) is 1.87. The van der Waals surface area contributed by atoms with Crippen LogP contribution in [0.2, 0.25) is 5.28 Å². The van der Waals surface area contributed by atoms with Gasteiger partial charge in [-0.25, -0.2) is 0 Å². The van der Waals surface area contributed by atoms with Gasteiger partial charge in [0.05, 0.1) is 19.9 Å². The minimum absolute atomic E-state index is 0.0834. The average Bonchev–Trinajstić information content (AvgIpc) is 2.81. The Bertz CT molecular complexity index is 475. The number of nitrogens with zero attached hydrogens (tertiary/aromatic N) is 6. The standard InChI is InChI=1S/C8H10ClN7O/c1-17-8-13-6(9)12-7(14-8)10-2-4-16-5-3-11-15-16/h3,5H,2,4H2,1H3,(H,10,12,13,14). The van der Waals surface area contributed by atoms with Crippen LogP contribution in [0.15, 0.2) is 12.4 Å². The summed E-state index contributed by atoms with van der Waals surface area (Å²) in [7, 11) is 1.46. The Labute approximate surface area is 102 Å². The Balaban J connectivity index is 1.92. The molecule has 0 fully saturated rings. The molecular weight excluding hydrogens is 246 g/mol. The van der Waals surface area contributed by atoms with E-state index in [1.54, 1.807) is 17.1 Å². The van der Waals surface area contributed by atoms with Crippen LogP contribution in [-0.4, -0.2) is 43.6 Å². The summed E-state index contributed by atoms with van der Waals surface area (Å²) < 4.78 is 6.56. The van der Waals surface area contributed by atoms with Gasteiger partial charge in [-0.05, 0) is 11.6 Å². The van der Waals surface area contributed by atoms with Crippen molar-refractivity contribution in [2.45, 2.75) is 6.54 Å². The number of aromatic nitrogens is 6. The van der Waals surface area contributed by atoms with E-state index in [0.29, 0.717) is 19.0 Å². The number of ether oxygens (including phenoxy) is 1. The zero-order valence-corrected chi connectivity index (χ0v) is 9.79. The molecule has 17 heavy (non-hydrogen) atoms. The second-order valence-electron chi connectivity index (χ2n) is 3.01. The molecule has 0 atom stereocenters. The molecule has 0 aliphatic heterocycles. The Hall–Kier alpha value is -1.96. The molecule has 0 radical (unpaired) electrons. The first-order valence-corrected chi connectivity index (χ1v) is 5.19. The van der Waals surface area contributed by atoms with Crippen LogP contribution in [0.1, 0.15) is 0 Å². The van der Waals surface area contributed by atoms with E-state index in [0.717, 1.165) is 0 Å². The molecule has 0 aromatic carbocycles. The van der Waals surface area contributed by atoms with E-state index in [9.17, 15) is 0 Å². The zero-order chi connectivity index (χ0) is 12.1. The van der Waals surface area contributed by atoms with Crippen LogP contribution in [0.25, 0.3) is 0 Å². The maximum atomic E-state index is 5.70. The molecular formula is C8H10ClN7O. The van der Waals surface area contributed by atoms with Crippen molar-refractivity contribution in [2.24, 2.45) is 0 Å². The highest BCUT2D eigenvalue weighted by Gasteiger charge is 2.04. The fourth-order valence-corrected chi connectivity index (χ4v) is 1.29. The summed E-state index contributed by atoms with van der Waals surface area (Å²) in [4.78, 5) is 11.7. The van der Waals surface area contributed by atoms with E-state index in [1.165, 1.54) is 7.11 Å². The lowest BCUT2D eigenvalue weighted by Crippen LogP contribution is -2.13. The summed E-state index contributed by atoms with van der Waals surface area (Å²) in [5, 5.41) is 10.6. The summed E-state index contributed by atoms with van der Waals surface area (Å²) >= 11 is 5.70. The molecule has 2 rings (SSSR count). The van der Waals surface area contributed by atoms with E-state index < -0.39 is 0 Å². The third-order valence-corrected chi connectivity index (χ3v) is 2.04. The first-order valence-electron chi connectivity index (χ1n) is 4.81. The van der Waals surface area contributed by atoms with E-state index in [1.807, 2.05) is 0 Å². The lowest BCUT2D eigenvalue weighted by atomic mass is 10.6. The molecule has 0 aliphatic rings. The van der Waals surface area contributed by atoms with Crippen molar-refractivity contribution in [3.05, 3.63) is 17.7 Å². The number of methoxy groups -OCH3 is 1. The lowest BCUT2D eigenvalue weighted by Gasteiger charge is -2.05. The first-order chi connectivity index (χ1) is 8.28. The van der Waals surface area contributed by atoms with Gasteiger partial charge in [0.15, 0.2) is 0 Å². The van der Waals surface area contributed by atoms with Gasteiger partial charge in [-0.3, -0.25) is 4.68 Å². The van der Waals surface area contributed by atoms with Crippen LogP contribution < -0.4 is 10.1 Å². The predicted molar refractivity (Wildman–Crippen MR) is 59.9 cm³/mol.